The fourth-order valence-corrected chi connectivity index (χ4v) is 10.8. The molecule has 258 valence electrons. The van der Waals surface area contributed by atoms with Crippen LogP contribution in [0.2, 0.25) is 5.04 Å². The lowest BCUT2D eigenvalue weighted by atomic mass is 10.1. The summed E-state index contributed by atoms with van der Waals surface area (Å²) in [6.07, 6.45) is 20.4. The molecule has 5 nitrogen and oxygen atoms in total. The predicted molar refractivity (Wildman–Crippen MR) is 197 cm³/mol. The second-order valence-corrected chi connectivity index (χ2v) is 18.3. The van der Waals surface area contributed by atoms with Crippen LogP contribution in [0.25, 0.3) is 0 Å². The van der Waals surface area contributed by atoms with Gasteiger partial charge in [-0.25, -0.2) is 0 Å². The van der Waals surface area contributed by atoms with Crippen LogP contribution in [-0.2, 0) is 14.0 Å². The molecule has 6 heteroatoms. The van der Waals surface area contributed by atoms with Crippen LogP contribution in [0.4, 0.5) is 0 Å². The highest BCUT2D eigenvalue weighted by molar-refractivity contribution is 6.99. The summed E-state index contributed by atoms with van der Waals surface area (Å²) < 4.78 is 12.4. The Hall–Kier alpha value is -2.25. The first-order chi connectivity index (χ1) is 22.2. The van der Waals surface area contributed by atoms with Gasteiger partial charge < -0.3 is 19.2 Å². The summed E-state index contributed by atoms with van der Waals surface area (Å²) in [6.45, 7) is 10.8. The number of aliphatic hydroxyl groups is 1. The first-order valence-corrected chi connectivity index (χ1v) is 20.0. The maximum Gasteiger partial charge on any atom is 0.305 e. The Morgan fingerprint density at radius 1 is 0.804 bits per heavy atom. The number of carbonyl (C=O) groups is 1. The summed E-state index contributed by atoms with van der Waals surface area (Å²) in [4.78, 5) is 14.3. The van der Waals surface area contributed by atoms with Gasteiger partial charge in [-0.05, 0) is 54.6 Å². The van der Waals surface area contributed by atoms with Crippen LogP contribution >= 0.6 is 0 Å². The molecule has 0 aromatic heterocycles. The Morgan fingerprint density at radius 3 is 1.83 bits per heavy atom. The van der Waals surface area contributed by atoms with E-state index in [9.17, 15) is 9.90 Å². The Balaban J connectivity index is 1.62. The number of esters is 1. The third kappa shape index (κ3) is 15.1. The molecule has 0 saturated heterocycles. The number of hydrogen-bond donors (Lipinski definition) is 1. The van der Waals surface area contributed by atoms with E-state index in [0.29, 0.717) is 26.1 Å². The largest absolute Gasteiger partial charge is 0.463 e. The number of allylic oxidation sites excluding steroid dienone is 2. The van der Waals surface area contributed by atoms with Gasteiger partial charge in [-0.3, -0.25) is 4.79 Å². The number of likely N-dealkylation sites (N-methyl/N-ethyl adjacent to an activating group) is 1. The Kier molecular flexibility index (Phi) is 20.1. The number of unbranched alkanes of at least 4 members (excludes halogenated alkanes) is 11. The molecule has 0 aliphatic rings. The van der Waals surface area contributed by atoms with Crippen molar-refractivity contribution in [1.82, 2.24) is 4.90 Å². The minimum atomic E-state index is -2.58. The molecule has 2 aromatic rings. The zero-order chi connectivity index (χ0) is 33.5. The fourth-order valence-electron chi connectivity index (χ4n) is 6.22. The van der Waals surface area contributed by atoms with E-state index in [1.54, 1.807) is 0 Å². The number of carbonyl (C=O) groups excluding carboxylic acids is 1. The molecular formula is C40H65NO4Si. The van der Waals surface area contributed by atoms with Crippen LogP contribution in [-0.4, -0.2) is 63.7 Å². The minimum absolute atomic E-state index is 0.0316. The van der Waals surface area contributed by atoms with Crippen molar-refractivity contribution in [2.24, 2.45) is 0 Å². The van der Waals surface area contributed by atoms with Gasteiger partial charge in [0.25, 0.3) is 8.32 Å². The second-order valence-electron chi connectivity index (χ2n) is 13.9. The average molecular weight is 652 g/mol. The molecule has 0 unspecified atom stereocenters. The van der Waals surface area contributed by atoms with Crippen molar-refractivity contribution in [3.05, 3.63) is 72.8 Å². The molecule has 46 heavy (non-hydrogen) atoms. The molecule has 0 fully saturated rings. The van der Waals surface area contributed by atoms with E-state index in [2.05, 4.69) is 105 Å². The van der Waals surface area contributed by atoms with Crippen molar-refractivity contribution >= 4 is 24.7 Å². The van der Waals surface area contributed by atoms with Crippen LogP contribution in [0.15, 0.2) is 72.8 Å². The van der Waals surface area contributed by atoms with E-state index in [1.165, 1.54) is 68.2 Å². The van der Waals surface area contributed by atoms with Gasteiger partial charge in [0.2, 0.25) is 0 Å². The first kappa shape index (κ1) is 39.9. The van der Waals surface area contributed by atoms with E-state index in [1.807, 2.05) is 7.05 Å². The maximum absolute atomic E-state index is 12.2. The minimum Gasteiger partial charge on any atom is -0.463 e. The topological polar surface area (TPSA) is 59.0 Å². The molecule has 0 spiro atoms. The van der Waals surface area contributed by atoms with E-state index in [-0.39, 0.29) is 17.6 Å². The van der Waals surface area contributed by atoms with Crippen molar-refractivity contribution in [2.75, 3.05) is 33.4 Å². The number of benzene rings is 2. The lowest BCUT2D eigenvalue weighted by Gasteiger charge is -2.43. The number of nitrogens with zero attached hydrogens (tertiary/aromatic N) is 1. The third-order valence-corrected chi connectivity index (χ3v) is 13.9. The molecule has 0 bridgehead atoms. The summed E-state index contributed by atoms with van der Waals surface area (Å²) in [7, 11) is -0.608. The zero-order valence-corrected chi connectivity index (χ0v) is 30.9. The van der Waals surface area contributed by atoms with Crippen LogP contribution in [0.3, 0.4) is 0 Å². The molecule has 2 aromatic carbocycles. The predicted octanol–water partition coefficient (Wildman–Crippen LogP) is 8.44. The molecule has 0 aliphatic carbocycles. The Labute approximate surface area is 282 Å². The van der Waals surface area contributed by atoms with E-state index in [0.717, 1.165) is 25.7 Å². The summed E-state index contributed by atoms with van der Waals surface area (Å²) in [5.41, 5.74) is 0. The van der Waals surface area contributed by atoms with E-state index >= 15 is 0 Å². The van der Waals surface area contributed by atoms with Crippen molar-refractivity contribution in [1.29, 1.82) is 0 Å². The molecule has 2 rings (SSSR count). The molecule has 0 amide bonds. The van der Waals surface area contributed by atoms with Gasteiger partial charge >= 0.3 is 5.97 Å². The average Bonchev–Trinajstić information content (AvgIpc) is 3.04. The lowest BCUT2D eigenvalue weighted by Crippen LogP contribution is -2.67. The number of hydrogen-bond acceptors (Lipinski definition) is 5. The van der Waals surface area contributed by atoms with Crippen LogP contribution in [0.5, 0.6) is 0 Å². The zero-order valence-electron chi connectivity index (χ0n) is 29.9. The smallest absolute Gasteiger partial charge is 0.305 e. The highest BCUT2D eigenvalue weighted by Gasteiger charge is 2.50. The van der Waals surface area contributed by atoms with Crippen LogP contribution in [0.1, 0.15) is 118 Å². The Morgan fingerprint density at radius 2 is 1.30 bits per heavy atom. The lowest BCUT2D eigenvalue weighted by molar-refractivity contribution is -0.147. The molecule has 0 aliphatic heterocycles. The van der Waals surface area contributed by atoms with Gasteiger partial charge in [0.05, 0.1) is 0 Å². The van der Waals surface area contributed by atoms with Gasteiger partial charge in [-0.1, -0.05) is 152 Å². The van der Waals surface area contributed by atoms with Gasteiger partial charge in [0, 0.05) is 26.1 Å². The summed E-state index contributed by atoms with van der Waals surface area (Å²) in [5, 5.41) is 13.0. The highest BCUT2D eigenvalue weighted by atomic mass is 28.4. The highest BCUT2D eigenvalue weighted by Crippen LogP contribution is 2.36. The third-order valence-electron chi connectivity index (χ3n) is 8.81. The molecule has 0 heterocycles. The summed E-state index contributed by atoms with van der Waals surface area (Å²) >= 11 is 0. The maximum atomic E-state index is 12.2. The quantitative estimate of drug-likeness (QED) is 0.0506. The van der Waals surface area contributed by atoms with Gasteiger partial charge in [0.1, 0.15) is 12.7 Å². The normalized spacial score (nSPS) is 13.0. The molecule has 0 radical (unpaired) electrons. The van der Waals surface area contributed by atoms with Gasteiger partial charge in [-0.2, -0.15) is 0 Å². The van der Waals surface area contributed by atoms with Crippen LogP contribution in [0, 0.1) is 0 Å². The number of ether oxygens (including phenoxy) is 1. The standard InChI is InChI=1S/C40H65NO4Si/c1-6-7-8-9-10-11-12-13-14-15-16-17-18-19-26-31-39(43)44-35-36(42)34-41(5)32-33-45-46(40(2,3)4,37-27-22-20-23-28-37)38-29-24-21-25-30-38/h13-14,20-25,27-30,36,42H,6-12,15-19,26,31-35H2,1-5H3/b14-13-/t36-/m0/s1. The van der Waals surface area contributed by atoms with Crippen molar-refractivity contribution in [3.8, 4) is 0 Å². The van der Waals surface area contributed by atoms with Crippen LogP contribution < -0.4 is 10.4 Å². The molecule has 1 N–H and O–H groups in total. The van der Waals surface area contributed by atoms with Crippen molar-refractivity contribution in [3.63, 3.8) is 0 Å². The monoisotopic (exact) mass is 651 g/mol. The van der Waals surface area contributed by atoms with Crippen molar-refractivity contribution in [2.45, 2.75) is 129 Å². The van der Waals surface area contributed by atoms with Gasteiger partial charge in [0.15, 0.2) is 0 Å². The SMILES string of the molecule is CCCCCCCC/C=C\CCCCCCCC(=O)OC[C@@H](O)CN(C)CCO[Si](c1ccccc1)(c1ccccc1)C(C)(C)C. The number of aliphatic hydroxyl groups excluding tert-OH is 1. The molecular weight excluding hydrogens is 587 g/mol. The van der Waals surface area contributed by atoms with E-state index < -0.39 is 14.4 Å². The van der Waals surface area contributed by atoms with E-state index in [4.69, 9.17) is 9.16 Å². The molecule has 0 saturated carbocycles. The first-order valence-electron chi connectivity index (χ1n) is 18.1. The summed E-state index contributed by atoms with van der Waals surface area (Å²) in [6, 6.07) is 21.3. The fraction of sp³-hybridized carbons (Fsp3) is 0.625. The summed E-state index contributed by atoms with van der Waals surface area (Å²) in [5.74, 6) is -0.214. The molecule has 1 atom stereocenters. The second kappa shape index (κ2) is 23.1. The van der Waals surface area contributed by atoms with Crippen molar-refractivity contribution < 1.29 is 19.1 Å². The number of rotatable bonds is 25. The Bertz CT molecular complexity index is 1030. The van der Waals surface area contributed by atoms with Gasteiger partial charge in [-0.15, -0.1) is 0 Å².